The van der Waals surface area contributed by atoms with Gasteiger partial charge >= 0.3 is 5.97 Å². The molecule has 1 N–H and O–H groups in total. The van der Waals surface area contributed by atoms with Gasteiger partial charge in [0.25, 0.3) is 0 Å². The fraction of sp³-hybridized carbons (Fsp3) is 0.556. The number of phenols is 1. The van der Waals surface area contributed by atoms with E-state index in [1.807, 2.05) is 0 Å². The predicted octanol–water partition coefficient (Wildman–Crippen LogP) is 2.68. The number of carbonyl (C=O) groups is 1. The van der Waals surface area contributed by atoms with Crippen molar-refractivity contribution in [1.29, 1.82) is 5.26 Å². The molecule has 1 heterocycles. The molecule has 0 saturated heterocycles. The van der Waals surface area contributed by atoms with Crippen LogP contribution in [0.4, 0.5) is 0 Å². The smallest absolute Gasteiger partial charge is 0.308 e. The highest BCUT2D eigenvalue weighted by Gasteiger charge is 2.42. The lowest BCUT2D eigenvalue weighted by molar-refractivity contribution is -0.149. The number of hydrogen-bond acceptors (Lipinski definition) is 6. The Labute approximate surface area is 140 Å². The van der Waals surface area contributed by atoms with Gasteiger partial charge in [-0.3, -0.25) is 4.79 Å². The van der Waals surface area contributed by atoms with Crippen LogP contribution >= 0.6 is 0 Å². The summed E-state index contributed by atoms with van der Waals surface area (Å²) >= 11 is 0. The third-order valence-electron chi connectivity index (χ3n) is 4.86. The van der Waals surface area contributed by atoms with Crippen molar-refractivity contribution < 1.29 is 24.1 Å². The third-order valence-corrected chi connectivity index (χ3v) is 4.86. The van der Waals surface area contributed by atoms with Crippen molar-refractivity contribution in [3.63, 3.8) is 0 Å². The average Bonchev–Trinajstić information content (AvgIpc) is 2.62. The second-order valence-corrected chi connectivity index (χ2v) is 6.21. The number of rotatable bonds is 3. The Morgan fingerprint density at radius 1 is 1.33 bits per heavy atom. The average molecular weight is 331 g/mol. The molecule has 128 valence electrons. The van der Waals surface area contributed by atoms with Crippen molar-refractivity contribution in [3.8, 4) is 23.3 Å². The van der Waals surface area contributed by atoms with Crippen molar-refractivity contribution in [2.24, 2.45) is 5.92 Å². The van der Waals surface area contributed by atoms with E-state index in [4.69, 9.17) is 14.2 Å². The zero-order valence-electron chi connectivity index (χ0n) is 13.7. The monoisotopic (exact) mass is 331 g/mol. The summed E-state index contributed by atoms with van der Waals surface area (Å²) in [5, 5.41) is 19.8. The van der Waals surface area contributed by atoms with Crippen molar-refractivity contribution in [2.75, 3.05) is 19.8 Å². The van der Waals surface area contributed by atoms with Gasteiger partial charge in [-0.2, -0.15) is 5.26 Å². The van der Waals surface area contributed by atoms with Crippen LogP contribution in [0, 0.1) is 17.2 Å². The van der Waals surface area contributed by atoms with Gasteiger partial charge in [-0.25, -0.2) is 0 Å². The van der Waals surface area contributed by atoms with Gasteiger partial charge in [0.1, 0.15) is 13.2 Å². The Morgan fingerprint density at radius 3 is 2.62 bits per heavy atom. The molecule has 3 rings (SSSR count). The molecule has 1 aliphatic heterocycles. The molecular formula is C18H21NO5. The van der Waals surface area contributed by atoms with Crippen LogP contribution in [0.3, 0.4) is 0 Å². The van der Waals surface area contributed by atoms with E-state index in [1.165, 1.54) is 0 Å². The molecule has 0 bridgehead atoms. The molecule has 1 aromatic rings. The number of esters is 1. The maximum Gasteiger partial charge on any atom is 0.308 e. The first kappa shape index (κ1) is 16.4. The second kappa shape index (κ2) is 6.60. The quantitative estimate of drug-likeness (QED) is 0.857. The van der Waals surface area contributed by atoms with Crippen LogP contribution in [-0.2, 0) is 14.9 Å². The predicted molar refractivity (Wildman–Crippen MR) is 85.0 cm³/mol. The van der Waals surface area contributed by atoms with E-state index in [0.29, 0.717) is 57.0 Å². The van der Waals surface area contributed by atoms with Crippen LogP contribution in [0.25, 0.3) is 0 Å². The van der Waals surface area contributed by atoms with Crippen LogP contribution in [0.2, 0.25) is 0 Å². The largest absolute Gasteiger partial charge is 0.504 e. The van der Waals surface area contributed by atoms with Crippen LogP contribution in [0.15, 0.2) is 12.1 Å². The Kier molecular flexibility index (Phi) is 4.52. The van der Waals surface area contributed by atoms with E-state index >= 15 is 0 Å². The number of nitrogens with zero attached hydrogens (tertiary/aromatic N) is 1. The maximum atomic E-state index is 11.9. The fourth-order valence-corrected chi connectivity index (χ4v) is 3.55. The van der Waals surface area contributed by atoms with E-state index in [2.05, 4.69) is 6.07 Å². The van der Waals surface area contributed by atoms with Crippen molar-refractivity contribution in [3.05, 3.63) is 17.7 Å². The minimum Gasteiger partial charge on any atom is -0.504 e. The van der Waals surface area contributed by atoms with E-state index in [9.17, 15) is 15.2 Å². The van der Waals surface area contributed by atoms with Gasteiger partial charge < -0.3 is 19.3 Å². The number of aromatic hydroxyl groups is 1. The zero-order chi connectivity index (χ0) is 17.2. The van der Waals surface area contributed by atoms with E-state index in [0.717, 1.165) is 5.56 Å². The van der Waals surface area contributed by atoms with Gasteiger partial charge in [0.15, 0.2) is 11.5 Å². The number of phenolic OH excluding ortho intramolecular Hbond substituents is 1. The molecular weight excluding hydrogens is 310 g/mol. The molecule has 0 radical (unpaired) electrons. The number of benzene rings is 1. The summed E-state index contributed by atoms with van der Waals surface area (Å²) in [6.07, 6.45) is 2.30. The number of hydrogen-bond donors (Lipinski definition) is 1. The molecule has 0 atom stereocenters. The molecule has 2 aliphatic rings. The summed E-state index contributed by atoms with van der Waals surface area (Å²) in [4.78, 5) is 11.9. The first-order chi connectivity index (χ1) is 11.6. The third kappa shape index (κ3) is 2.75. The van der Waals surface area contributed by atoms with Crippen LogP contribution in [-0.4, -0.2) is 30.9 Å². The Balaban J connectivity index is 1.88. The van der Waals surface area contributed by atoms with Crippen molar-refractivity contribution >= 4 is 5.97 Å². The molecule has 1 saturated carbocycles. The summed E-state index contributed by atoms with van der Waals surface area (Å²) in [7, 11) is 0. The Hall–Kier alpha value is -2.42. The highest BCUT2D eigenvalue weighted by Crippen LogP contribution is 2.50. The maximum absolute atomic E-state index is 11.9. The standard InChI is InChI=1S/C18H21NO5/c1-2-22-17(21)12-5-7-18(11-19,8-6-12)13-3-4-14(20)16-15(13)23-9-10-24-16/h3-4,12,20H,2,5-10H2,1H3/t12-,18-. The van der Waals surface area contributed by atoms with Crippen LogP contribution in [0.1, 0.15) is 38.2 Å². The van der Waals surface area contributed by atoms with Gasteiger partial charge in [-0.05, 0) is 44.7 Å². The van der Waals surface area contributed by atoms with Crippen LogP contribution in [0.5, 0.6) is 17.2 Å². The first-order valence-corrected chi connectivity index (χ1v) is 8.31. The van der Waals surface area contributed by atoms with Crippen molar-refractivity contribution in [2.45, 2.75) is 38.0 Å². The first-order valence-electron chi connectivity index (χ1n) is 8.31. The van der Waals surface area contributed by atoms with Gasteiger partial charge in [-0.15, -0.1) is 0 Å². The minimum atomic E-state index is -0.735. The van der Waals surface area contributed by atoms with Gasteiger partial charge in [0.05, 0.1) is 24.0 Å². The fourth-order valence-electron chi connectivity index (χ4n) is 3.55. The lowest BCUT2D eigenvalue weighted by Gasteiger charge is -2.36. The summed E-state index contributed by atoms with van der Waals surface area (Å²) in [5.74, 6) is 0.438. The Bertz CT molecular complexity index is 671. The molecule has 24 heavy (non-hydrogen) atoms. The minimum absolute atomic E-state index is 0.0155. The highest BCUT2D eigenvalue weighted by molar-refractivity contribution is 5.72. The van der Waals surface area contributed by atoms with E-state index in [1.54, 1.807) is 19.1 Å². The summed E-state index contributed by atoms with van der Waals surface area (Å²) in [6.45, 7) is 2.92. The van der Waals surface area contributed by atoms with Crippen LogP contribution < -0.4 is 9.47 Å². The molecule has 1 fully saturated rings. The second-order valence-electron chi connectivity index (χ2n) is 6.21. The molecule has 1 aliphatic carbocycles. The molecule has 6 nitrogen and oxygen atoms in total. The SMILES string of the molecule is CCOC(=O)[C@H]1CC[C@](C#N)(c2ccc(O)c3c2OCCO3)CC1. The summed E-state index contributed by atoms with van der Waals surface area (Å²) < 4.78 is 16.3. The normalized spacial score (nSPS) is 25.6. The molecule has 6 heteroatoms. The topological polar surface area (TPSA) is 88.8 Å². The number of nitriles is 1. The number of ether oxygens (including phenoxy) is 3. The van der Waals surface area contributed by atoms with Gasteiger partial charge in [0.2, 0.25) is 5.75 Å². The number of fused-ring (bicyclic) bond motifs is 1. The molecule has 0 spiro atoms. The van der Waals surface area contributed by atoms with E-state index < -0.39 is 5.41 Å². The van der Waals surface area contributed by atoms with E-state index in [-0.39, 0.29) is 17.6 Å². The lowest BCUT2D eigenvalue weighted by Crippen LogP contribution is -2.34. The zero-order valence-corrected chi connectivity index (χ0v) is 13.7. The molecule has 1 aromatic carbocycles. The summed E-state index contributed by atoms with van der Waals surface area (Å²) in [5.41, 5.74) is 0.00129. The molecule has 0 unspecified atom stereocenters. The van der Waals surface area contributed by atoms with Crippen molar-refractivity contribution in [1.82, 2.24) is 0 Å². The molecule has 0 amide bonds. The number of carbonyl (C=O) groups excluding carboxylic acids is 1. The lowest BCUT2D eigenvalue weighted by atomic mass is 9.67. The van der Waals surface area contributed by atoms with Gasteiger partial charge in [0, 0.05) is 5.56 Å². The molecule has 0 aromatic heterocycles. The van der Waals surface area contributed by atoms with Gasteiger partial charge in [-0.1, -0.05) is 0 Å². The summed E-state index contributed by atoms with van der Waals surface area (Å²) in [6, 6.07) is 5.70. The Morgan fingerprint density at radius 2 is 2.00 bits per heavy atom. The highest BCUT2D eigenvalue weighted by atomic mass is 16.6.